The van der Waals surface area contributed by atoms with E-state index in [1.807, 2.05) is 0 Å². The van der Waals surface area contributed by atoms with E-state index in [1.165, 1.54) is 64.2 Å². The monoisotopic (exact) mass is 272 g/mol. The molecular weight excluding hydrogens is 236 g/mol. The van der Waals surface area contributed by atoms with E-state index < -0.39 is 0 Å². The molecule has 1 atom stereocenters. The number of hydrogen-bond acceptors (Lipinski definition) is 2. The summed E-state index contributed by atoms with van der Waals surface area (Å²) in [5.41, 5.74) is 0. The molecule has 1 unspecified atom stereocenters. The first-order chi connectivity index (χ1) is 9.24. The van der Waals surface area contributed by atoms with Crippen LogP contribution in [0.25, 0.3) is 0 Å². The zero-order chi connectivity index (χ0) is 14.3. The summed E-state index contributed by atoms with van der Waals surface area (Å²) in [6.45, 7) is 7.93. The molecular formula is C17H36O2. The van der Waals surface area contributed by atoms with Gasteiger partial charge in [0, 0.05) is 6.61 Å². The zero-order valence-electron chi connectivity index (χ0n) is 13.5. The van der Waals surface area contributed by atoms with Gasteiger partial charge < -0.3 is 9.84 Å². The van der Waals surface area contributed by atoms with Gasteiger partial charge in [-0.25, -0.2) is 0 Å². The van der Waals surface area contributed by atoms with Gasteiger partial charge in [0.15, 0.2) is 0 Å². The summed E-state index contributed by atoms with van der Waals surface area (Å²) < 4.78 is 4.71. The van der Waals surface area contributed by atoms with Crippen molar-refractivity contribution in [1.29, 1.82) is 0 Å². The maximum absolute atomic E-state index is 9.24. The number of hydrogen-bond donors (Lipinski definition) is 1. The fraction of sp³-hybridized carbons (Fsp3) is 1.00. The lowest BCUT2D eigenvalue weighted by molar-refractivity contribution is 0.204. The molecule has 1 N–H and O–H groups in total. The smallest absolute Gasteiger partial charge is 0.0781 e. The lowest BCUT2D eigenvalue weighted by atomic mass is 9.95. The Kier molecular flexibility index (Phi) is 14.3. The number of aliphatic hydroxyl groups is 1. The molecule has 0 amide bonds. The minimum atomic E-state index is 0.401. The van der Waals surface area contributed by atoms with Gasteiger partial charge in [0.25, 0.3) is 0 Å². The molecule has 2 nitrogen and oxygen atoms in total. The summed E-state index contributed by atoms with van der Waals surface area (Å²) in [7, 11) is 0. The van der Waals surface area contributed by atoms with Gasteiger partial charge in [0.05, 0.1) is 12.7 Å². The fourth-order valence-electron chi connectivity index (χ4n) is 2.14. The van der Waals surface area contributed by atoms with Crippen LogP contribution in [0.5, 0.6) is 0 Å². The van der Waals surface area contributed by atoms with Crippen LogP contribution in [-0.4, -0.2) is 24.4 Å². The lowest BCUT2D eigenvalue weighted by Gasteiger charge is -2.13. The Bertz CT molecular complexity index is 155. The predicted molar refractivity (Wildman–Crippen MR) is 83.5 cm³/mol. The van der Waals surface area contributed by atoms with Gasteiger partial charge in [-0.15, -0.1) is 0 Å². The highest BCUT2D eigenvalue weighted by atomic mass is 16.6. The normalized spacial score (nSPS) is 17.2. The average Bonchev–Trinajstić information content (AvgIpc) is 3.20. The van der Waals surface area contributed by atoms with Crippen LogP contribution in [0.4, 0.5) is 0 Å². The van der Waals surface area contributed by atoms with Gasteiger partial charge >= 0.3 is 0 Å². The van der Waals surface area contributed by atoms with Crippen LogP contribution in [0.15, 0.2) is 0 Å². The Morgan fingerprint density at radius 1 is 0.947 bits per heavy atom. The van der Waals surface area contributed by atoms with Crippen LogP contribution in [0.3, 0.4) is 0 Å². The molecule has 0 aliphatic carbocycles. The van der Waals surface area contributed by atoms with E-state index in [4.69, 9.17) is 4.74 Å². The van der Waals surface area contributed by atoms with Gasteiger partial charge in [-0.05, 0) is 25.7 Å². The van der Waals surface area contributed by atoms with Gasteiger partial charge in [-0.3, -0.25) is 0 Å². The molecule has 0 aromatic carbocycles. The van der Waals surface area contributed by atoms with Gasteiger partial charge in [-0.1, -0.05) is 65.2 Å². The van der Waals surface area contributed by atoms with Gasteiger partial charge in [-0.2, -0.15) is 0 Å². The Labute approximate surface area is 120 Å². The maximum atomic E-state index is 9.24. The van der Waals surface area contributed by atoms with Crippen molar-refractivity contribution >= 4 is 0 Å². The molecule has 1 rings (SSSR count). The molecule has 116 valence electrons. The minimum absolute atomic E-state index is 0.401. The number of unbranched alkanes of at least 4 members (excludes halogenated alkanes) is 6. The Morgan fingerprint density at radius 2 is 1.37 bits per heavy atom. The molecule has 0 radical (unpaired) electrons. The predicted octanol–water partition coefficient (Wildman–Crippen LogP) is 4.94. The van der Waals surface area contributed by atoms with Crippen molar-refractivity contribution in [3.8, 4) is 0 Å². The van der Waals surface area contributed by atoms with E-state index in [0.717, 1.165) is 6.61 Å². The third-order valence-electron chi connectivity index (χ3n) is 3.69. The summed E-state index contributed by atoms with van der Waals surface area (Å²) in [6, 6.07) is 0. The highest BCUT2D eigenvalue weighted by molar-refractivity contribution is 4.59. The first-order valence-corrected chi connectivity index (χ1v) is 8.47. The molecule has 2 heteroatoms. The second-order valence-corrected chi connectivity index (χ2v) is 5.89. The van der Waals surface area contributed by atoms with Crippen LogP contribution >= 0.6 is 0 Å². The molecule has 0 aromatic heterocycles. The van der Waals surface area contributed by atoms with Crippen molar-refractivity contribution in [3.63, 3.8) is 0 Å². The summed E-state index contributed by atoms with van der Waals surface area (Å²) in [5.74, 6) is 0.582. The lowest BCUT2D eigenvalue weighted by Crippen LogP contribution is -2.06. The van der Waals surface area contributed by atoms with Crippen LogP contribution in [0.1, 0.15) is 85.0 Å². The van der Waals surface area contributed by atoms with Gasteiger partial charge in [0.2, 0.25) is 0 Å². The number of rotatable bonds is 11. The van der Waals surface area contributed by atoms with E-state index in [2.05, 4.69) is 20.8 Å². The van der Waals surface area contributed by atoms with Crippen LogP contribution in [0.2, 0.25) is 0 Å². The average molecular weight is 272 g/mol. The van der Waals surface area contributed by atoms with E-state index in [9.17, 15) is 5.11 Å². The minimum Gasteiger partial charge on any atom is -0.396 e. The van der Waals surface area contributed by atoms with Crippen molar-refractivity contribution in [2.75, 3.05) is 13.2 Å². The van der Waals surface area contributed by atoms with Crippen molar-refractivity contribution in [2.24, 2.45) is 5.92 Å². The maximum Gasteiger partial charge on any atom is 0.0781 e. The summed E-state index contributed by atoms with van der Waals surface area (Å²) in [4.78, 5) is 0. The summed E-state index contributed by atoms with van der Waals surface area (Å²) >= 11 is 0. The molecule has 1 heterocycles. The largest absolute Gasteiger partial charge is 0.396 e. The highest BCUT2D eigenvalue weighted by Gasteiger charge is 2.13. The fourth-order valence-corrected chi connectivity index (χ4v) is 2.14. The molecule has 0 saturated carbocycles. The molecule has 1 aliphatic heterocycles. The van der Waals surface area contributed by atoms with Gasteiger partial charge in [0.1, 0.15) is 0 Å². The first kappa shape index (κ1) is 18.9. The Morgan fingerprint density at radius 3 is 1.63 bits per heavy atom. The van der Waals surface area contributed by atoms with E-state index >= 15 is 0 Å². The van der Waals surface area contributed by atoms with Crippen molar-refractivity contribution < 1.29 is 9.84 Å². The topological polar surface area (TPSA) is 32.8 Å². The standard InChI is InChI=1S/C14H30O.C3H6O/c1-3-5-7-9-11-14(13-15)12-10-8-6-4-2;1-3-2-4-3/h14-15H,3-13H2,1-2H3;3H,2H2,1H3. The van der Waals surface area contributed by atoms with E-state index in [1.54, 1.807) is 0 Å². The molecule has 1 fully saturated rings. The number of aliphatic hydroxyl groups excluding tert-OH is 1. The third-order valence-corrected chi connectivity index (χ3v) is 3.69. The second kappa shape index (κ2) is 14.3. The highest BCUT2D eigenvalue weighted by Crippen LogP contribution is 2.17. The SMILES string of the molecule is CC1CO1.CCCCCCC(CO)CCCCCC. The van der Waals surface area contributed by atoms with E-state index in [-0.39, 0.29) is 0 Å². The quantitative estimate of drug-likeness (QED) is 0.427. The molecule has 0 spiro atoms. The summed E-state index contributed by atoms with van der Waals surface area (Å²) in [5, 5.41) is 9.24. The first-order valence-electron chi connectivity index (χ1n) is 8.47. The molecule has 0 aromatic rings. The van der Waals surface area contributed by atoms with Crippen molar-refractivity contribution in [3.05, 3.63) is 0 Å². The Balaban J connectivity index is 0.000000678. The number of ether oxygens (including phenoxy) is 1. The van der Waals surface area contributed by atoms with Crippen LogP contribution in [0, 0.1) is 5.92 Å². The number of epoxide rings is 1. The van der Waals surface area contributed by atoms with Crippen LogP contribution in [-0.2, 0) is 4.74 Å². The molecule has 19 heavy (non-hydrogen) atoms. The zero-order valence-corrected chi connectivity index (χ0v) is 13.5. The van der Waals surface area contributed by atoms with Crippen molar-refractivity contribution in [1.82, 2.24) is 0 Å². The summed E-state index contributed by atoms with van der Waals surface area (Å²) in [6.07, 6.45) is 13.7. The molecule has 1 aliphatic rings. The third kappa shape index (κ3) is 15.9. The Hall–Kier alpha value is -0.0800. The van der Waals surface area contributed by atoms with E-state index in [0.29, 0.717) is 18.6 Å². The second-order valence-electron chi connectivity index (χ2n) is 5.89. The molecule has 0 bridgehead atoms. The molecule has 1 saturated heterocycles. The van der Waals surface area contributed by atoms with Crippen molar-refractivity contribution in [2.45, 2.75) is 91.1 Å². The van der Waals surface area contributed by atoms with Crippen LogP contribution < -0.4 is 0 Å².